The summed E-state index contributed by atoms with van der Waals surface area (Å²) in [6.45, 7) is 6.37. The molecule has 0 radical (unpaired) electrons. The molecule has 0 aromatic heterocycles. The number of carbonyl (C=O) groups is 1. The fourth-order valence-electron chi connectivity index (χ4n) is 2.31. The highest BCUT2D eigenvalue weighted by Crippen LogP contribution is 2.35. The number of nitrogens with zero attached hydrogens (tertiary/aromatic N) is 2. The SMILES string of the molecule is CC(C)(C)OC(=O)N1CC(COc2cc(N=C=S)cc(C(F)(F)F)c2)C1. The molecular formula is C17H19F3N2O3S. The number of isothiocyanates is 1. The Morgan fingerprint density at radius 3 is 2.50 bits per heavy atom. The molecule has 1 heterocycles. The van der Waals surface area contributed by atoms with E-state index in [-0.39, 0.29) is 24.0 Å². The number of aliphatic imine (C=N–C) groups is 1. The molecule has 0 saturated carbocycles. The Balaban J connectivity index is 1.93. The average Bonchev–Trinajstić information content (AvgIpc) is 2.42. The number of rotatable bonds is 4. The molecule has 9 heteroatoms. The van der Waals surface area contributed by atoms with E-state index in [1.165, 1.54) is 11.0 Å². The van der Waals surface area contributed by atoms with Crippen molar-refractivity contribution in [2.24, 2.45) is 10.9 Å². The van der Waals surface area contributed by atoms with Gasteiger partial charge in [0.2, 0.25) is 0 Å². The van der Waals surface area contributed by atoms with Crippen molar-refractivity contribution in [2.45, 2.75) is 32.5 Å². The van der Waals surface area contributed by atoms with Crippen LogP contribution in [0.4, 0.5) is 23.7 Å². The molecule has 5 nitrogen and oxygen atoms in total. The number of hydrogen-bond donors (Lipinski definition) is 0. The quantitative estimate of drug-likeness (QED) is 0.555. The van der Waals surface area contributed by atoms with Crippen LogP contribution in [-0.2, 0) is 10.9 Å². The topological polar surface area (TPSA) is 51.1 Å². The van der Waals surface area contributed by atoms with Crippen molar-refractivity contribution in [1.29, 1.82) is 0 Å². The van der Waals surface area contributed by atoms with Gasteiger partial charge in [-0.3, -0.25) is 0 Å². The van der Waals surface area contributed by atoms with Crippen molar-refractivity contribution in [3.05, 3.63) is 23.8 Å². The van der Waals surface area contributed by atoms with Crippen LogP contribution >= 0.6 is 12.2 Å². The summed E-state index contributed by atoms with van der Waals surface area (Å²) in [5.74, 6) is 0.0640. The smallest absolute Gasteiger partial charge is 0.416 e. The number of halogens is 3. The zero-order valence-corrected chi connectivity index (χ0v) is 15.4. The number of carbonyl (C=O) groups excluding carboxylic acids is 1. The van der Waals surface area contributed by atoms with Crippen molar-refractivity contribution in [3.8, 4) is 5.75 Å². The van der Waals surface area contributed by atoms with Gasteiger partial charge in [0.15, 0.2) is 0 Å². The van der Waals surface area contributed by atoms with Crippen LogP contribution in [0.3, 0.4) is 0 Å². The molecule has 1 aromatic rings. The molecule has 0 N–H and O–H groups in total. The second-order valence-electron chi connectivity index (χ2n) is 6.98. The number of ether oxygens (including phenoxy) is 2. The van der Waals surface area contributed by atoms with Crippen LogP contribution in [0.1, 0.15) is 26.3 Å². The standard InChI is InChI=1S/C17H19F3N2O3S/c1-16(2,3)25-15(23)22-7-11(8-22)9-24-14-5-12(17(18,19)20)4-13(6-14)21-10-26/h4-6,11H,7-9H2,1-3H3. The molecule has 2 rings (SSSR count). The summed E-state index contributed by atoms with van der Waals surface area (Å²) in [5.41, 5.74) is -1.42. The fraction of sp³-hybridized carbons (Fsp3) is 0.529. The highest BCUT2D eigenvalue weighted by molar-refractivity contribution is 7.78. The van der Waals surface area contributed by atoms with E-state index < -0.39 is 23.4 Å². The predicted molar refractivity (Wildman–Crippen MR) is 92.9 cm³/mol. The summed E-state index contributed by atoms with van der Waals surface area (Å²) in [7, 11) is 0. The van der Waals surface area contributed by atoms with Gasteiger partial charge in [0.05, 0.1) is 23.0 Å². The van der Waals surface area contributed by atoms with Gasteiger partial charge in [0.25, 0.3) is 0 Å². The zero-order valence-electron chi connectivity index (χ0n) is 14.6. The van der Waals surface area contributed by atoms with E-state index in [0.29, 0.717) is 13.1 Å². The maximum atomic E-state index is 12.9. The van der Waals surface area contributed by atoms with Crippen molar-refractivity contribution in [1.82, 2.24) is 4.90 Å². The van der Waals surface area contributed by atoms with Crippen LogP contribution in [0.25, 0.3) is 0 Å². The third-order valence-electron chi connectivity index (χ3n) is 3.49. The van der Waals surface area contributed by atoms with Gasteiger partial charge in [0, 0.05) is 25.1 Å². The van der Waals surface area contributed by atoms with Gasteiger partial charge in [-0.2, -0.15) is 18.2 Å². The second kappa shape index (κ2) is 7.63. The second-order valence-corrected chi connectivity index (χ2v) is 7.16. The molecule has 0 spiro atoms. The summed E-state index contributed by atoms with van der Waals surface area (Å²) in [4.78, 5) is 16.9. The normalized spacial score (nSPS) is 15.1. The molecule has 1 aromatic carbocycles. The molecule has 1 saturated heterocycles. The lowest BCUT2D eigenvalue weighted by Crippen LogP contribution is -2.53. The van der Waals surface area contributed by atoms with Crippen LogP contribution in [0, 0.1) is 5.92 Å². The number of amides is 1. The van der Waals surface area contributed by atoms with Crippen LogP contribution < -0.4 is 4.74 Å². The largest absolute Gasteiger partial charge is 0.493 e. The van der Waals surface area contributed by atoms with Gasteiger partial charge >= 0.3 is 12.3 Å². The first-order valence-corrected chi connectivity index (χ1v) is 8.29. The molecule has 26 heavy (non-hydrogen) atoms. The Bertz CT molecular complexity index is 719. The number of alkyl halides is 3. The van der Waals surface area contributed by atoms with Crippen LogP contribution in [-0.4, -0.2) is 41.5 Å². The van der Waals surface area contributed by atoms with Gasteiger partial charge in [-0.05, 0) is 45.1 Å². The van der Waals surface area contributed by atoms with Gasteiger partial charge in [-0.15, -0.1) is 0 Å². The molecule has 1 amide bonds. The highest BCUT2D eigenvalue weighted by atomic mass is 32.1. The minimum Gasteiger partial charge on any atom is -0.493 e. The van der Waals surface area contributed by atoms with Gasteiger partial charge in [-0.25, -0.2) is 4.79 Å². The molecule has 1 fully saturated rings. The maximum absolute atomic E-state index is 12.9. The van der Waals surface area contributed by atoms with Gasteiger partial charge in [-0.1, -0.05) is 0 Å². The molecule has 1 aliphatic rings. The molecule has 0 atom stereocenters. The summed E-state index contributed by atoms with van der Waals surface area (Å²) < 4.78 is 49.5. The number of hydrogen-bond acceptors (Lipinski definition) is 5. The van der Waals surface area contributed by atoms with Gasteiger partial charge < -0.3 is 14.4 Å². The summed E-state index contributed by atoms with van der Waals surface area (Å²) in [5, 5.41) is 2.04. The van der Waals surface area contributed by atoms with Crippen LogP contribution in [0.2, 0.25) is 0 Å². The number of thiocarbonyl (C=S) groups is 1. The number of likely N-dealkylation sites (tertiary alicyclic amines) is 1. The average molecular weight is 388 g/mol. The first kappa shape index (κ1) is 20.2. The Hall–Kier alpha value is -2.12. The molecular weight excluding hydrogens is 369 g/mol. The van der Waals surface area contributed by atoms with E-state index >= 15 is 0 Å². The molecule has 1 aliphatic heterocycles. The van der Waals surface area contributed by atoms with Gasteiger partial charge in [0.1, 0.15) is 11.4 Å². The van der Waals surface area contributed by atoms with E-state index in [4.69, 9.17) is 9.47 Å². The van der Waals surface area contributed by atoms with Crippen molar-refractivity contribution < 1.29 is 27.4 Å². The third kappa shape index (κ3) is 5.71. The van der Waals surface area contributed by atoms with E-state index in [0.717, 1.165) is 12.1 Å². The fourth-order valence-corrected chi connectivity index (χ4v) is 2.42. The lowest BCUT2D eigenvalue weighted by Gasteiger charge is -2.39. The van der Waals surface area contributed by atoms with Crippen molar-refractivity contribution in [3.63, 3.8) is 0 Å². The molecule has 142 valence electrons. The van der Waals surface area contributed by atoms with E-state index in [9.17, 15) is 18.0 Å². The molecule has 0 bridgehead atoms. The summed E-state index contributed by atoms with van der Waals surface area (Å²) >= 11 is 4.43. The first-order chi connectivity index (χ1) is 12.0. The Morgan fingerprint density at radius 2 is 1.96 bits per heavy atom. The minimum absolute atomic E-state index is 0.0221. The van der Waals surface area contributed by atoms with E-state index in [1.54, 1.807) is 20.8 Å². The molecule has 0 unspecified atom stereocenters. The predicted octanol–water partition coefficient (Wildman–Crippen LogP) is 4.69. The summed E-state index contributed by atoms with van der Waals surface area (Å²) in [6.07, 6.45) is -4.93. The highest BCUT2D eigenvalue weighted by Gasteiger charge is 2.35. The van der Waals surface area contributed by atoms with Crippen molar-refractivity contribution >= 4 is 29.2 Å². The zero-order chi connectivity index (χ0) is 19.5. The number of benzene rings is 1. The Labute approximate surface area is 154 Å². The lowest BCUT2D eigenvalue weighted by molar-refractivity contribution is -0.137. The van der Waals surface area contributed by atoms with E-state index in [2.05, 4.69) is 17.2 Å². The van der Waals surface area contributed by atoms with Crippen LogP contribution in [0.15, 0.2) is 23.2 Å². The first-order valence-electron chi connectivity index (χ1n) is 7.89. The van der Waals surface area contributed by atoms with Crippen molar-refractivity contribution in [2.75, 3.05) is 19.7 Å². The Morgan fingerprint density at radius 1 is 1.31 bits per heavy atom. The minimum atomic E-state index is -4.52. The third-order valence-corrected chi connectivity index (χ3v) is 3.58. The molecule has 0 aliphatic carbocycles. The summed E-state index contributed by atoms with van der Waals surface area (Å²) in [6, 6.07) is 3.14. The van der Waals surface area contributed by atoms with Crippen LogP contribution in [0.5, 0.6) is 5.75 Å². The lowest BCUT2D eigenvalue weighted by atomic mass is 10.0. The monoisotopic (exact) mass is 388 g/mol. The van der Waals surface area contributed by atoms with E-state index in [1.807, 2.05) is 5.16 Å². The Kier molecular flexibility index (Phi) is 5.93. The maximum Gasteiger partial charge on any atom is 0.416 e.